The number of aromatic nitrogens is 4. The molecule has 1 amide bonds. The Kier molecular flexibility index (Phi) is 3.57. The van der Waals surface area contributed by atoms with Crippen LogP contribution >= 0.6 is 0 Å². The third-order valence-electron chi connectivity index (χ3n) is 4.50. The van der Waals surface area contributed by atoms with Gasteiger partial charge in [-0.2, -0.15) is 0 Å². The summed E-state index contributed by atoms with van der Waals surface area (Å²) in [4.78, 5) is 28.1. The number of imidazole rings is 1. The van der Waals surface area contributed by atoms with E-state index in [0.717, 1.165) is 31.0 Å². The van der Waals surface area contributed by atoms with Gasteiger partial charge < -0.3 is 14.8 Å². The fourth-order valence-electron chi connectivity index (χ4n) is 3.05. The van der Waals surface area contributed by atoms with E-state index in [2.05, 4.69) is 20.3 Å². The largest absolute Gasteiger partial charge is 0.336 e. The highest BCUT2D eigenvalue weighted by Crippen LogP contribution is 2.37. The van der Waals surface area contributed by atoms with E-state index in [1.807, 2.05) is 22.7 Å². The van der Waals surface area contributed by atoms with Gasteiger partial charge in [-0.3, -0.25) is 4.79 Å². The van der Waals surface area contributed by atoms with Crippen molar-refractivity contribution in [2.75, 3.05) is 19.6 Å². The molecular formula is C16H20N6O. The van der Waals surface area contributed by atoms with Crippen LogP contribution in [0.25, 0.3) is 0 Å². The maximum Gasteiger partial charge on any atom is 0.273 e. The molecule has 2 aromatic heterocycles. The molecule has 1 atom stereocenters. The number of nitrogens with zero attached hydrogens (tertiary/aromatic N) is 5. The Morgan fingerprint density at radius 3 is 2.91 bits per heavy atom. The van der Waals surface area contributed by atoms with E-state index in [-0.39, 0.29) is 11.9 Å². The van der Waals surface area contributed by atoms with Crippen LogP contribution in [-0.2, 0) is 7.05 Å². The van der Waals surface area contributed by atoms with Crippen molar-refractivity contribution in [3.8, 4) is 0 Å². The van der Waals surface area contributed by atoms with Gasteiger partial charge in [0.05, 0.1) is 0 Å². The molecule has 1 saturated heterocycles. The minimum atomic E-state index is -0.0735. The van der Waals surface area contributed by atoms with Gasteiger partial charge in [0, 0.05) is 51.2 Å². The average molecular weight is 312 g/mol. The summed E-state index contributed by atoms with van der Waals surface area (Å²) >= 11 is 0. The van der Waals surface area contributed by atoms with Crippen molar-refractivity contribution in [1.82, 2.24) is 29.7 Å². The van der Waals surface area contributed by atoms with Crippen LogP contribution in [0.2, 0.25) is 0 Å². The number of aryl methyl sites for hydroxylation is 1. The molecule has 1 aliphatic heterocycles. The number of carbonyl (C=O) groups is 1. The maximum absolute atomic E-state index is 13.0. The number of hydrogen-bond acceptors (Lipinski definition) is 5. The second kappa shape index (κ2) is 5.73. The summed E-state index contributed by atoms with van der Waals surface area (Å²) in [6.45, 7) is 2.14. The normalized spacial score (nSPS) is 21.4. The van der Waals surface area contributed by atoms with Crippen LogP contribution in [0.1, 0.15) is 46.9 Å². The van der Waals surface area contributed by atoms with Gasteiger partial charge in [0.25, 0.3) is 5.91 Å². The van der Waals surface area contributed by atoms with E-state index < -0.39 is 0 Å². The van der Waals surface area contributed by atoms with Crippen molar-refractivity contribution in [2.45, 2.75) is 24.8 Å². The molecule has 120 valence electrons. The van der Waals surface area contributed by atoms with Crippen LogP contribution in [0.15, 0.2) is 24.7 Å². The lowest BCUT2D eigenvalue weighted by Gasteiger charge is -2.35. The molecule has 1 unspecified atom stereocenters. The minimum Gasteiger partial charge on any atom is -0.336 e. The van der Waals surface area contributed by atoms with Crippen LogP contribution in [0, 0.1) is 0 Å². The second-order valence-corrected chi connectivity index (χ2v) is 6.19. The van der Waals surface area contributed by atoms with E-state index in [1.54, 1.807) is 18.5 Å². The fourth-order valence-corrected chi connectivity index (χ4v) is 3.05. The van der Waals surface area contributed by atoms with Crippen molar-refractivity contribution in [3.05, 3.63) is 42.0 Å². The first kappa shape index (κ1) is 14.3. The Labute approximate surface area is 134 Å². The lowest BCUT2D eigenvalue weighted by atomic mass is 10.1. The SMILES string of the molecule is Cn1ccnc1C1CNCCN1C(=O)c1ccnc(C2CC2)n1. The molecule has 0 radical (unpaired) electrons. The molecule has 3 heterocycles. The molecule has 0 bridgehead atoms. The highest BCUT2D eigenvalue weighted by Gasteiger charge is 2.33. The highest BCUT2D eigenvalue weighted by molar-refractivity contribution is 5.92. The zero-order valence-electron chi connectivity index (χ0n) is 13.1. The third-order valence-corrected chi connectivity index (χ3v) is 4.50. The van der Waals surface area contributed by atoms with Crippen molar-refractivity contribution < 1.29 is 4.79 Å². The first-order valence-electron chi connectivity index (χ1n) is 8.06. The van der Waals surface area contributed by atoms with Crippen molar-refractivity contribution in [2.24, 2.45) is 7.05 Å². The Morgan fingerprint density at radius 2 is 2.17 bits per heavy atom. The highest BCUT2D eigenvalue weighted by atomic mass is 16.2. The number of piperazine rings is 1. The van der Waals surface area contributed by atoms with E-state index >= 15 is 0 Å². The molecule has 1 aliphatic carbocycles. The van der Waals surface area contributed by atoms with E-state index in [1.165, 1.54) is 0 Å². The van der Waals surface area contributed by atoms with Gasteiger partial charge in [0.1, 0.15) is 23.4 Å². The summed E-state index contributed by atoms with van der Waals surface area (Å²) in [6.07, 6.45) is 7.62. The van der Waals surface area contributed by atoms with Gasteiger partial charge in [-0.15, -0.1) is 0 Å². The zero-order valence-corrected chi connectivity index (χ0v) is 13.1. The summed E-state index contributed by atoms with van der Waals surface area (Å²) < 4.78 is 1.97. The molecule has 2 aliphatic rings. The topological polar surface area (TPSA) is 75.9 Å². The van der Waals surface area contributed by atoms with Gasteiger partial charge in [0.2, 0.25) is 0 Å². The quantitative estimate of drug-likeness (QED) is 0.910. The van der Waals surface area contributed by atoms with Crippen LogP contribution < -0.4 is 5.32 Å². The average Bonchev–Trinajstić information content (AvgIpc) is 3.36. The zero-order chi connectivity index (χ0) is 15.8. The van der Waals surface area contributed by atoms with E-state index in [4.69, 9.17) is 0 Å². The third kappa shape index (κ3) is 2.72. The molecule has 1 N–H and O–H groups in total. The van der Waals surface area contributed by atoms with E-state index in [0.29, 0.717) is 24.7 Å². The van der Waals surface area contributed by atoms with Gasteiger partial charge >= 0.3 is 0 Å². The standard InChI is InChI=1S/C16H20N6O/c1-21-8-7-19-15(21)13-10-17-6-9-22(13)16(23)12-4-5-18-14(20-12)11-2-3-11/h4-5,7-8,11,13,17H,2-3,6,9-10H2,1H3. The van der Waals surface area contributed by atoms with Crippen molar-refractivity contribution >= 4 is 5.91 Å². The molecule has 7 nitrogen and oxygen atoms in total. The Bertz CT molecular complexity index is 723. The summed E-state index contributed by atoms with van der Waals surface area (Å²) in [6, 6.07) is 1.64. The van der Waals surface area contributed by atoms with Crippen LogP contribution in [0.3, 0.4) is 0 Å². The van der Waals surface area contributed by atoms with Gasteiger partial charge in [-0.25, -0.2) is 15.0 Å². The Hall–Kier alpha value is -2.28. The summed E-state index contributed by atoms with van der Waals surface area (Å²) in [5.74, 6) is 2.10. The molecule has 2 fully saturated rings. The summed E-state index contributed by atoms with van der Waals surface area (Å²) in [5, 5.41) is 3.35. The number of amides is 1. The molecule has 0 aromatic carbocycles. The maximum atomic E-state index is 13.0. The second-order valence-electron chi connectivity index (χ2n) is 6.19. The smallest absolute Gasteiger partial charge is 0.273 e. The molecular weight excluding hydrogens is 292 g/mol. The van der Waals surface area contributed by atoms with Crippen LogP contribution in [0.5, 0.6) is 0 Å². The number of hydrogen-bond donors (Lipinski definition) is 1. The number of carbonyl (C=O) groups excluding carboxylic acids is 1. The van der Waals surface area contributed by atoms with Crippen LogP contribution in [-0.4, -0.2) is 50.0 Å². The summed E-state index contributed by atoms with van der Waals surface area (Å²) in [7, 11) is 1.95. The lowest BCUT2D eigenvalue weighted by molar-refractivity contribution is 0.0614. The van der Waals surface area contributed by atoms with Crippen molar-refractivity contribution in [1.29, 1.82) is 0 Å². The molecule has 4 rings (SSSR count). The lowest BCUT2D eigenvalue weighted by Crippen LogP contribution is -2.49. The Morgan fingerprint density at radius 1 is 1.30 bits per heavy atom. The molecule has 7 heteroatoms. The molecule has 1 saturated carbocycles. The van der Waals surface area contributed by atoms with E-state index in [9.17, 15) is 4.79 Å². The first-order valence-corrected chi connectivity index (χ1v) is 8.06. The van der Waals surface area contributed by atoms with Gasteiger partial charge in [-0.1, -0.05) is 0 Å². The number of rotatable bonds is 3. The molecule has 0 spiro atoms. The molecule has 23 heavy (non-hydrogen) atoms. The minimum absolute atomic E-state index is 0.0381. The van der Waals surface area contributed by atoms with Crippen LogP contribution in [0.4, 0.5) is 0 Å². The van der Waals surface area contributed by atoms with Gasteiger partial charge in [0.15, 0.2) is 0 Å². The van der Waals surface area contributed by atoms with Crippen molar-refractivity contribution in [3.63, 3.8) is 0 Å². The number of nitrogens with one attached hydrogen (secondary N) is 1. The Balaban J connectivity index is 1.62. The monoisotopic (exact) mass is 312 g/mol. The predicted molar refractivity (Wildman–Crippen MR) is 83.9 cm³/mol. The predicted octanol–water partition coefficient (Wildman–Crippen LogP) is 0.874. The molecule has 2 aromatic rings. The van der Waals surface area contributed by atoms with Gasteiger partial charge in [-0.05, 0) is 18.9 Å². The fraction of sp³-hybridized carbons (Fsp3) is 0.500. The first-order chi connectivity index (χ1) is 11.2. The summed E-state index contributed by atoms with van der Waals surface area (Å²) in [5.41, 5.74) is 0.489.